The third-order valence-corrected chi connectivity index (χ3v) is 7.12. The van der Waals surface area contributed by atoms with Gasteiger partial charge in [-0.2, -0.15) is 0 Å². The fourth-order valence-corrected chi connectivity index (χ4v) is 5.45. The molecule has 0 radical (unpaired) electrons. The maximum atomic E-state index is 13.1. The lowest BCUT2D eigenvalue weighted by molar-refractivity contribution is -0.115. The summed E-state index contributed by atoms with van der Waals surface area (Å²) in [6.45, 7) is 1.90. The number of carbonyl (C=O) groups is 1. The Kier molecular flexibility index (Phi) is 6.41. The van der Waals surface area contributed by atoms with Gasteiger partial charge in [0.05, 0.1) is 12.8 Å². The van der Waals surface area contributed by atoms with Crippen LogP contribution in [-0.2, 0) is 4.79 Å². The van der Waals surface area contributed by atoms with Gasteiger partial charge < -0.3 is 10.1 Å². The average molecular weight is 455 g/mol. The summed E-state index contributed by atoms with van der Waals surface area (Å²) in [6.07, 6.45) is 0. The molecule has 6 nitrogen and oxygen atoms in total. The van der Waals surface area contributed by atoms with Crippen molar-refractivity contribution < 1.29 is 9.53 Å². The molecule has 152 valence electrons. The lowest BCUT2D eigenvalue weighted by Crippen LogP contribution is -2.18. The van der Waals surface area contributed by atoms with Crippen LogP contribution in [0.4, 0.5) is 5.13 Å². The summed E-state index contributed by atoms with van der Waals surface area (Å²) in [5.41, 5.74) is 2.67. The Hall–Kier alpha value is -2.75. The predicted molar refractivity (Wildman–Crippen MR) is 122 cm³/mol. The highest BCUT2D eigenvalue weighted by Crippen LogP contribution is 2.38. The fourth-order valence-electron chi connectivity index (χ4n) is 2.72. The number of ether oxygens (including phenoxy) is 1. The number of thiazole rings is 1. The Balaban J connectivity index is 1.53. The van der Waals surface area contributed by atoms with Crippen LogP contribution in [0.25, 0.3) is 11.3 Å². The average Bonchev–Trinajstić information content (AvgIpc) is 3.41. The molecular weight excluding hydrogens is 436 g/mol. The SMILES string of the molecule is COc1ccc(-c2csc(NC(=O)[C@H](Sc3nnc(C)s3)c3ccccc3)n2)cc1. The molecular formula is C21H18N4O2S3. The van der Waals surface area contributed by atoms with Gasteiger partial charge in [0.1, 0.15) is 16.0 Å². The first-order valence-corrected chi connectivity index (χ1v) is 11.6. The molecule has 0 fully saturated rings. The van der Waals surface area contributed by atoms with Crippen LogP contribution in [0.15, 0.2) is 64.3 Å². The summed E-state index contributed by atoms with van der Waals surface area (Å²) in [5, 5.41) is 14.1. The molecule has 2 aromatic heterocycles. The monoisotopic (exact) mass is 454 g/mol. The van der Waals surface area contributed by atoms with E-state index in [9.17, 15) is 4.79 Å². The number of amides is 1. The van der Waals surface area contributed by atoms with Gasteiger partial charge in [0.2, 0.25) is 5.91 Å². The van der Waals surface area contributed by atoms with Crippen LogP contribution >= 0.6 is 34.4 Å². The summed E-state index contributed by atoms with van der Waals surface area (Å²) < 4.78 is 5.95. The Morgan fingerprint density at radius 3 is 2.53 bits per heavy atom. The number of nitrogens with one attached hydrogen (secondary N) is 1. The summed E-state index contributed by atoms with van der Waals surface area (Å²) in [6, 6.07) is 17.3. The zero-order chi connectivity index (χ0) is 20.9. The first kappa shape index (κ1) is 20.5. The largest absolute Gasteiger partial charge is 0.497 e. The van der Waals surface area contributed by atoms with Crippen LogP contribution < -0.4 is 10.1 Å². The van der Waals surface area contributed by atoms with Gasteiger partial charge in [-0.3, -0.25) is 4.79 Å². The molecule has 0 unspecified atom stereocenters. The van der Waals surface area contributed by atoms with Gasteiger partial charge in [-0.25, -0.2) is 4.98 Å². The molecule has 0 aliphatic carbocycles. The van der Waals surface area contributed by atoms with Gasteiger partial charge >= 0.3 is 0 Å². The van der Waals surface area contributed by atoms with Crippen LogP contribution in [0.5, 0.6) is 5.75 Å². The van der Waals surface area contributed by atoms with Gasteiger partial charge in [-0.1, -0.05) is 53.4 Å². The highest BCUT2D eigenvalue weighted by Gasteiger charge is 2.24. The van der Waals surface area contributed by atoms with E-state index in [1.54, 1.807) is 7.11 Å². The number of anilines is 1. The van der Waals surface area contributed by atoms with Crippen LogP contribution in [0.3, 0.4) is 0 Å². The summed E-state index contributed by atoms with van der Waals surface area (Å²) in [4.78, 5) is 17.7. The number of rotatable bonds is 7. The second-order valence-electron chi connectivity index (χ2n) is 6.25. The third kappa shape index (κ3) is 4.86. The van der Waals surface area contributed by atoms with Gasteiger partial charge in [-0.05, 0) is 36.8 Å². The van der Waals surface area contributed by atoms with E-state index in [2.05, 4.69) is 20.5 Å². The molecule has 0 spiro atoms. The number of aryl methyl sites for hydroxylation is 1. The van der Waals surface area contributed by atoms with Crippen molar-refractivity contribution in [1.82, 2.24) is 15.2 Å². The number of carbonyl (C=O) groups excluding carboxylic acids is 1. The van der Waals surface area contributed by atoms with E-state index in [0.29, 0.717) is 5.13 Å². The number of thioether (sulfide) groups is 1. The van der Waals surface area contributed by atoms with Crippen molar-refractivity contribution in [3.63, 3.8) is 0 Å². The summed E-state index contributed by atoms with van der Waals surface area (Å²) >= 11 is 4.27. The molecule has 1 atom stereocenters. The minimum absolute atomic E-state index is 0.144. The predicted octanol–water partition coefficient (Wildman–Crippen LogP) is 5.45. The van der Waals surface area contributed by atoms with Gasteiger partial charge in [-0.15, -0.1) is 21.5 Å². The van der Waals surface area contributed by atoms with Crippen LogP contribution in [0.1, 0.15) is 15.8 Å². The first-order valence-electron chi connectivity index (χ1n) is 9.05. The van der Waals surface area contributed by atoms with E-state index in [4.69, 9.17) is 4.74 Å². The fraction of sp³-hybridized carbons (Fsp3) is 0.143. The lowest BCUT2D eigenvalue weighted by atomic mass is 10.1. The zero-order valence-electron chi connectivity index (χ0n) is 16.2. The second-order valence-corrected chi connectivity index (χ2v) is 9.64. The van der Waals surface area contributed by atoms with Gasteiger partial charge in [0, 0.05) is 10.9 Å². The number of hydrogen-bond acceptors (Lipinski definition) is 8. The van der Waals surface area contributed by atoms with Crippen LogP contribution in [0, 0.1) is 6.92 Å². The number of benzene rings is 2. The molecule has 1 amide bonds. The Morgan fingerprint density at radius 2 is 1.87 bits per heavy atom. The van der Waals surface area contributed by atoms with Crippen molar-refractivity contribution in [1.29, 1.82) is 0 Å². The number of nitrogens with zero attached hydrogens (tertiary/aromatic N) is 3. The molecule has 0 saturated carbocycles. The highest BCUT2D eigenvalue weighted by atomic mass is 32.2. The minimum Gasteiger partial charge on any atom is -0.497 e. The highest BCUT2D eigenvalue weighted by molar-refractivity contribution is 8.01. The number of aromatic nitrogens is 3. The van der Waals surface area contributed by atoms with E-state index in [-0.39, 0.29) is 5.91 Å². The zero-order valence-corrected chi connectivity index (χ0v) is 18.7. The van der Waals surface area contributed by atoms with E-state index in [0.717, 1.165) is 31.9 Å². The smallest absolute Gasteiger partial charge is 0.244 e. The second kappa shape index (κ2) is 9.38. The number of hydrogen-bond donors (Lipinski definition) is 1. The van der Waals surface area contributed by atoms with Crippen molar-refractivity contribution in [2.45, 2.75) is 16.5 Å². The summed E-state index contributed by atoms with van der Waals surface area (Å²) in [5.74, 6) is 0.645. The van der Waals surface area contributed by atoms with E-state index >= 15 is 0 Å². The third-order valence-electron chi connectivity index (χ3n) is 4.19. The van der Waals surface area contributed by atoms with Crippen LogP contribution in [-0.4, -0.2) is 28.2 Å². The normalized spacial score (nSPS) is 11.8. The molecule has 9 heteroatoms. The van der Waals surface area contributed by atoms with E-state index in [1.807, 2.05) is 66.9 Å². The Bertz CT molecular complexity index is 1130. The molecule has 0 bridgehead atoms. The Labute approximate surface area is 186 Å². The molecule has 4 rings (SSSR count). The molecule has 2 heterocycles. The standard InChI is InChI=1S/C21H18N4O2S3/c1-13-24-25-21(29-13)30-18(15-6-4-3-5-7-15)19(26)23-20-22-17(12-28-20)14-8-10-16(27-2)11-9-14/h3-12,18H,1-2H3,(H,22,23,26)/t18-/m1/s1. The van der Waals surface area contributed by atoms with Crippen molar-refractivity contribution in [2.75, 3.05) is 12.4 Å². The van der Waals surface area contributed by atoms with Crippen LogP contribution in [0.2, 0.25) is 0 Å². The van der Waals surface area contributed by atoms with Crippen molar-refractivity contribution in [3.8, 4) is 17.0 Å². The number of methoxy groups -OCH3 is 1. The molecule has 1 N–H and O–H groups in total. The minimum atomic E-state index is -0.452. The molecule has 0 saturated heterocycles. The quantitative estimate of drug-likeness (QED) is 0.374. The maximum absolute atomic E-state index is 13.1. The topological polar surface area (TPSA) is 77.0 Å². The Morgan fingerprint density at radius 1 is 1.10 bits per heavy atom. The molecule has 30 heavy (non-hydrogen) atoms. The van der Waals surface area contributed by atoms with Gasteiger partial charge in [0.15, 0.2) is 9.47 Å². The maximum Gasteiger partial charge on any atom is 0.244 e. The molecule has 0 aliphatic heterocycles. The van der Waals surface area contributed by atoms with Crippen molar-refractivity contribution in [3.05, 3.63) is 70.5 Å². The molecule has 0 aliphatic rings. The summed E-state index contributed by atoms with van der Waals surface area (Å²) in [7, 11) is 1.63. The molecule has 2 aromatic carbocycles. The molecule has 4 aromatic rings. The lowest BCUT2D eigenvalue weighted by Gasteiger charge is -2.14. The van der Waals surface area contributed by atoms with E-state index in [1.165, 1.54) is 34.4 Å². The van der Waals surface area contributed by atoms with Crippen molar-refractivity contribution >= 4 is 45.5 Å². The van der Waals surface area contributed by atoms with E-state index < -0.39 is 5.25 Å². The van der Waals surface area contributed by atoms with Gasteiger partial charge in [0.25, 0.3) is 0 Å². The first-order chi connectivity index (χ1) is 14.6. The van der Waals surface area contributed by atoms with Crippen molar-refractivity contribution in [2.24, 2.45) is 0 Å².